The largest absolute Gasteiger partial charge is 0.496 e. The molecule has 2 aromatic rings. The van der Waals surface area contributed by atoms with Gasteiger partial charge in [-0.05, 0) is 43.2 Å². The molecule has 24 heavy (non-hydrogen) atoms. The first kappa shape index (κ1) is 17.8. The average Bonchev–Trinajstić information content (AvgIpc) is 2.58. The molecule has 0 aromatic heterocycles. The fourth-order valence-electron chi connectivity index (χ4n) is 2.32. The van der Waals surface area contributed by atoms with Gasteiger partial charge < -0.3 is 15.4 Å². The van der Waals surface area contributed by atoms with Gasteiger partial charge in [0.25, 0.3) is 0 Å². The minimum atomic E-state index is -0.245. The standard InChI is InChI=1S/C19H24FN3O/c1-4-21-19(22-12-15-6-5-7-17(20)11-15)23-13-16-9-8-14(2)10-18(16)24-3/h5-11H,4,12-13H2,1-3H3,(H2,21,22,23). The molecule has 2 N–H and O–H groups in total. The topological polar surface area (TPSA) is 45.7 Å². The molecule has 0 saturated carbocycles. The van der Waals surface area contributed by atoms with E-state index in [2.05, 4.69) is 21.7 Å². The van der Waals surface area contributed by atoms with Crippen LogP contribution in [0.4, 0.5) is 4.39 Å². The first-order valence-electron chi connectivity index (χ1n) is 8.02. The number of benzene rings is 2. The molecule has 0 amide bonds. The number of halogens is 1. The average molecular weight is 329 g/mol. The highest BCUT2D eigenvalue weighted by Crippen LogP contribution is 2.19. The zero-order valence-electron chi connectivity index (χ0n) is 14.4. The second-order valence-electron chi connectivity index (χ2n) is 5.49. The molecule has 128 valence electrons. The van der Waals surface area contributed by atoms with Crippen molar-refractivity contribution in [3.63, 3.8) is 0 Å². The molecule has 2 rings (SSSR count). The van der Waals surface area contributed by atoms with Gasteiger partial charge in [-0.1, -0.05) is 24.3 Å². The lowest BCUT2D eigenvalue weighted by Gasteiger charge is -2.14. The van der Waals surface area contributed by atoms with Crippen molar-refractivity contribution in [2.24, 2.45) is 4.99 Å². The highest BCUT2D eigenvalue weighted by molar-refractivity contribution is 5.79. The van der Waals surface area contributed by atoms with Gasteiger partial charge >= 0.3 is 0 Å². The maximum absolute atomic E-state index is 13.2. The molecule has 0 aliphatic rings. The SMILES string of the molecule is CCNC(=NCc1cccc(F)c1)NCc1ccc(C)cc1OC. The summed E-state index contributed by atoms with van der Waals surface area (Å²) in [6, 6.07) is 12.6. The van der Waals surface area contributed by atoms with Crippen LogP contribution in [0.5, 0.6) is 5.75 Å². The zero-order chi connectivity index (χ0) is 17.4. The predicted molar refractivity (Wildman–Crippen MR) is 95.8 cm³/mol. The highest BCUT2D eigenvalue weighted by atomic mass is 19.1. The Bertz CT molecular complexity index is 701. The Labute approximate surface area is 142 Å². The second kappa shape index (κ2) is 8.91. The summed E-state index contributed by atoms with van der Waals surface area (Å²) in [7, 11) is 1.67. The normalized spacial score (nSPS) is 11.2. The van der Waals surface area contributed by atoms with Crippen LogP contribution in [0, 0.1) is 12.7 Å². The smallest absolute Gasteiger partial charge is 0.191 e. The fraction of sp³-hybridized carbons (Fsp3) is 0.316. The number of nitrogens with one attached hydrogen (secondary N) is 2. The highest BCUT2D eigenvalue weighted by Gasteiger charge is 2.05. The molecule has 4 nitrogen and oxygen atoms in total. The van der Waals surface area contributed by atoms with Gasteiger partial charge in [-0.2, -0.15) is 0 Å². The van der Waals surface area contributed by atoms with Crippen molar-refractivity contribution in [2.45, 2.75) is 26.9 Å². The minimum Gasteiger partial charge on any atom is -0.496 e. The molecule has 0 fully saturated rings. The lowest BCUT2D eigenvalue weighted by Crippen LogP contribution is -2.36. The van der Waals surface area contributed by atoms with Crippen LogP contribution in [0.3, 0.4) is 0 Å². The number of aliphatic imine (C=N–C) groups is 1. The van der Waals surface area contributed by atoms with Crippen molar-refractivity contribution in [1.29, 1.82) is 0 Å². The molecule has 0 spiro atoms. The molecule has 0 bridgehead atoms. The van der Waals surface area contributed by atoms with Crippen LogP contribution in [-0.4, -0.2) is 19.6 Å². The van der Waals surface area contributed by atoms with Gasteiger partial charge in [0, 0.05) is 18.7 Å². The summed E-state index contributed by atoms with van der Waals surface area (Å²) in [5.74, 6) is 1.29. The third-order valence-corrected chi connectivity index (χ3v) is 3.54. The lowest BCUT2D eigenvalue weighted by atomic mass is 10.1. The van der Waals surface area contributed by atoms with Gasteiger partial charge in [-0.3, -0.25) is 0 Å². The molecule has 5 heteroatoms. The van der Waals surface area contributed by atoms with Crippen LogP contribution in [0.1, 0.15) is 23.6 Å². The van der Waals surface area contributed by atoms with E-state index in [1.165, 1.54) is 12.1 Å². The van der Waals surface area contributed by atoms with E-state index in [1.807, 2.05) is 32.0 Å². The number of hydrogen-bond acceptors (Lipinski definition) is 2. The first-order chi connectivity index (χ1) is 11.6. The van der Waals surface area contributed by atoms with E-state index in [-0.39, 0.29) is 5.82 Å². The van der Waals surface area contributed by atoms with E-state index < -0.39 is 0 Å². The van der Waals surface area contributed by atoms with E-state index in [0.717, 1.165) is 29.0 Å². The maximum atomic E-state index is 13.2. The Morgan fingerprint density at radius 1 is 1.17 bits per heavy atom. The molecule has 0 radical (unpaired) electrons. The Balaban J connectivity index is 2.04. The second-order valence-corrected chi connectivity index (χ2v) is 5.49. The van der Waals surface area contributed by atoms with Gasteiger partial charge in [-0.15, -0.1) is 0 Å². The molecular weight excluding hydrogens is 305 g/mol. The van der Waals surface area contributed by atoms with Crippen LogP contribution in [-0.2, 0) is 13.1 Å². The van der Waals surface area contributed by atoms with Crippen molar-refractivity contribution in [3.05, 3.63) is 65.0 Å². The molecule has 0 atom stereocenters. The van der Waals surface area contributed by atoms with Crippen LogP contribution < -0.4 is 15.4 Å². The molecule has 0 unspecified atom stereocenters. The van der Waals surface area contributed by atoms with Gasteiger partial charge in [0.2, 0.25) is 0 Å². The van der Waals surface area contributed by atoms with E-state index >= 15 is 0 Å². The molecule has 0 aliphatic carbocycles. The third-order valence-electron chi connectivity index (χ3n) is 3.54. The summed E-state index contributed by atoms with van der Waals surface area (Å²) in [6.45, 7) is 5.80. The molecular formula is C19H24FN3O. The van der Waals surface area contributed by atoms with E-state index in [9.17, 15) is 4.39 Å². The van der Waals surface area contributed by atoms with Gasteiger partial charge in [0.05, 0.1) is 13.7 Å². The molecule has 0 aliphatic heterocycles. The van der Waals surface area contributed by atoms with Crippen LogP contribution in [0.25, 0.3) is 0 Å². The number of rotatable bonds is 6. The van der Waals surface area contributed by atoms with Crippen molar-refractivity contribution >= 4 is 5.96 Å². The lowest BCUT2D eigenvalue weighted by molar-refractivity contribution is 0.408. The quantitative estimate of drug-likeness (QED) is 0.631. The van der Waals surface area contributed by atoms with Crippen LogP contribution in [0.15, 0.2) is 47.5 Å². The van der Waals surface area contributed by atoms with Gasteiger partial charge in [-0.25, -0.2) is 9.38 Å². The molecule has 0 saturated heterocycles. The van der Waals surface area contributed by atoms with Crippen molar-refractivity contribution in [3.8, 4) is 5.75 Å². The van der Waals surface area contributed by atoms with Gasteiger partial charge in [0.1, 0.15) is 11.6 Å². The van der Waals surface area contributed by atoms with Crippen molar-refractivity contribution < 1.29 is 9.13 Å². The zero-order valence-corrected chi connectivity index (χ0v) is 14.4. The van der Waals surface area contributed by atoms with Crippen molar-refractivity contribution in [1.82, 2.24) is 10.6 Å². The number of ether oxygens (including phenoxy) is 1. The Hall–Kier alpha value is -2.56. The minimum absolute atomic E-state index is 0.245. The summed E-state index contributed by atoms with van der Waals surface area (Å²) in [5, 5.41) is 6.47. The summed E-state index contributed by atoms with van der Waals surface area (Å²) < 4.78 is 18.7. The van der Waals surface area contributed by atoms with Gasteiger partial charge in [0.15, 0.2) is 5.96 Å². The van der Waals surface area contributed by atoms with E-state index in [4.69, 9.17) is 4.74 Å². The summed E-state index contributed by atoms with van der Waals surface area (Å²) >= 11 is 0. The first-order valence-corrected chi connectivity index (χ1v) is 8.02. The monoisotopic (exact) mass is 329 g/mol. The Kier molecular flexibility index (Phi) is 6.61. The number of nitrogens with zero attached hydrogens (tertiary/aromatic N) is 1. The summed E-state index contributed by atoms with van der Waals surface area (Å²) in [5.41, 5.74) is 3.04. The summed E-state index contributed by atoms with van der Waals surface area (Å²) in [6.07, 6.45) is 0. The van der Waals surface area contributed by atoms with Crippen LogP contribution >= 0.6 is 0 Å². The Morgan fingerprint density at radius 2 is 2.00 bits per heavy atom. The number of hydrogen-bond donors (Lipinski definition) is 2. The number of methoxy groups -OCH3 is 1. The molecule has 2 aromatic carbocycles. The van der Waals surface area contributed by atoms with Crippen molar-refractivity contribution in [2.75, 3.05) is 13.7 Å². The third kappa shape index (κ3) is 5.26. The van der Waals surface area contributed by atoms with Crippen LogP contribution in [0.2, 0.25) is 0 Å². The maximum Gasteiger partial charge on any atom is 0.191 e. The fourth-order valence-corrected chi connectivity index (χ4v) is 2.32. The Morgan fingerprint density at radius 3 is 2.71 bits per heavy atom. The molecule has 0 heterocycles. The predicted octanol–water partition coefficient (Wildman–Crippen LogP) is 3.40. The number of guanidine groups is 1. The van der Waals surface area contributed by atoms with E-state index in [1.54, 1.807) is 13.2 Å². The summed E-state index contributed by atoms with van der Waals surface area (Å²) in [4.78, 5) is 4.50. The van der Waals surface area contributed by atoms with E-state index in [0.29, 0.717) is 19.0 Å². The number of aryl methyl sites for hydroxylation is 1.